The van der Waals surface area contributed by atoms with Crippen LogP contribution in [-0.2, 0) is 0 Å². The van der Waals surface area contributed by atoms with E-state index in [1.807, 2.05) is 0 Å². The molecule has 3 fully saturated rings. The highest BCUT2D eigenvalue weighted by atomic mass is 15.0. The second kappa shape index (κ2) is 8.40. The van der Waals surface area contributed by atoms with E-state index in [0.717, 1.165) is 24.3 Å². The molecule has 3 nitrogen and oxygen atoms in total. The smallest absolute Gasteiger partial charge is 0.0638 e. The molecule has 1 saturated carbocycles. The first kappa shape index (κ1) is 20.7. The Hall–Kier alpha value is -0.590. The predicted molar refractivity (Wildman–Crippen MR) is 106 cm³/mol. The molecule has 0 radical (unpaired) electrons. The Balaban J connectivity index is 0.000000181. The van der Waals surface area contributed by atoms with Crippen LogP contribution >= 0.6 is 0 Å². The highest BCUT2D eigenvalue weighted by Gasteiger charge is 2.40. The van der Waals surface area contributed by atoms with Crippen LogP contribution in [0.2, 0.25) is 0 Å². The lowest BCUT2D eigenvalue weighted by Gasteiger charge is -2.25. The molecule has 0 aromatic carbocycles. The Morgan fingerprint density at radius 3 is 2.08 bits per heavy atom. The Kier molecular flexibility index (Phi) is 6.96. The molecular formula is C22H41N3. The molecule has 3 aliphatic rings. The quantitative estimate of drug-likeness (QED) is 0.753. The first-order chi connectivity index (χ1) is 11.7. The number of hydrogen-bond acceptors (Lipinski definition) is 3. The van der Waals surface area contributed by atoms with Crippen LogP contribution in [0.1, 0.15) is 92.9 Å². The largest absolute Gasteiger partial charge is 0.308 e. The lowest BCUT2D eigenvalue weighted by atomic mass is 9.88. The van der Waals surface area contributed by atoms with Crippen LogP contribution in [0.25, 0.3) is 0 Å². The van der Waals surface area contributed by atoms with E-state index in [2.05, 4.69) is 58.2 Å². The summed E-state index contributed by atoms with van der Waals surface area (Å²) in [4.78, 5) is 0. The monoisotopic (exact) mass is 347 g/mol. The Bertz CT molecular complexity index is 460. The molecule has 144 valence electrons. The van der Waals surface area contributed by atoms with Gasteiger partial charge in [0.25, 0.3) is 0 Å². The summed E-state index contributed by atoms with van der Waals surface area (Å²) in [6.07, 6.45) is 10.2. The van der Waals surface area contributed by atoms with E-state index in [1.165, 1.54) is 38.5 Å². The van der Waals surface area contributed by atoms with Crippen LogP contribution in [-0.4, -0.2) is 23.2 Å². The fourth-order valence-electron chi connectivity index (χ4n) is 5.58. The van der Waals surface area contributed by atoms with Crippen molar-refractivity contribution in [2.75, 3.05) is 0 Å². The Morgan fingerprint density at radius 2 is 1.64 bits per heavy atom. The minimum atomic E-state index is 0.279. The van der Waals surface area contributed by atoms with Crippen molar-refractivity contribution in [2.24, 2.45) is 17.8 Å². The highest BCUT2D eigenvalue weighted by Crippen LogP contribution is 2.38. The minimum absolute atomic E-state index is 0.279. The maximum atomic E-state index is 8.60. The van der Waals surface area contributed by atoms with Crippen LogP contribution in [0.3, 0.4) is 0 Å². The van der Waals surface area contributed by atoms with Crippen LogP contribution in [0.4, 0.5) is 0 Å². The van der Waals surface area contributed by atoms with Crippen molar-refractivity contribution >= 4 is 0 Å². The second-order valence-electron chi connectivity index (χ2n) is 9.99. The molecule has 0 bridgehead atoms. The van der Waals surface area contributed by atoms with Crippen molar-refractivity contribution in [2.45, 2.75) is 116 Å². The van der Waals surface area contributed by atoms with Crippen molar-refractivity contribution in [3.05, 3.63) is 0 Å². The van der Waals surface area contributed by atoms with Crippen LogP contribution in [0.15, 0.2) is 0 Å². The summed E-state index contributed by atoms with van der Waals surface area (Å²) in [5.74, 6) is 2.52. The van der Waals surface area contributed by atoms with Gasteiger partial charge in [-0.25, -0.2) is 0 Å². The predicted octanol–water partition coefficient (Wildman–Crippen LogP) is 5.02. The van der Waals surface area contributed by atoms with Crippen molar-refractivity contribution in [3.8, 4) is 6.07 Å². The SMILES string of the molecule is CC1CC(C)(C)NC1C1CCCC1.CCC1(C)CC(C)C(CC#N)N1. The third-order valence-electron chi connectivity index (χ3n) is 7.00. The molecule has 0 amide bonds. The van der Waals surface area contributed by atoms with E-state index in [-0.39, 0.29) is 5.54 Å². The van der Waals surface area contributed by atoms with Crippen molar-refractivity contribution in [1.29, 1.82) is 5.26 Å². The van der Waals surface area contributed by atoms with Gasteiger partial charge in [-0.3, -0.25) is 0 Å². The van der Waals surface area contributed by atoms with Gasteiger partial charge >= 0.3 is 0 Å². The first-order valence-corrected chi connectivity index (χ1v) is 10.6. The van der Waals surface area contributed by atoms with E-state index >= 15 is 0 Å². The molecule has 2 saturated heterocycles. The molecule has 3 rings (SSSR count). The van der Waals surface area contributed by atoms with E-state index in [4.69, 9.17) is 5.26 Å². The average Bonchev–Trinajstić information content (AvgIpc) is 3.20. The van der Waals surface area contributed by atoms with Gasteiger partial charge in [-0.2, -0.15) is 5.26 Å². The normalized spacial score (nSPS) is 40.5. The molecule has 2 heterocycles. The number of rotatable bonds is 3. The van der Waals surface area contributed by atoms with Gasteiger partial charge in [-0.15, -0.1) is 0 Å². The van der Waals surface area contributed by atoms with Gasteiger partial charge in [0.05, 0.1) is 12.5 Å². The summed E-state index contributed by atoms with van der Waals surface area (Å²) < 4.78 is 0. The fraction of sp³-hybridized carbons (Fsp3) is 0.955. The summed E-state index contributed by atoms with van der Waals surface area (Å²) >= 11 is 0. The summed E-state index contributed by atoms with van der Waals surface area (Å²) in [6.45, 7) is 13.8. The van der Waals surface area contributed by atoms with Crippen molar-refractivity contribution in [3.63, 3.8) is 0 Å². The minimum Gasteiger partial charge on any atom is -0.308 e. The van der Waals surface area contributed by atoms with Crippen molar-refractivity contribution in [1.82, 2.24) is 10.6 Å². The van der Waals surface area contributed by atoms with E-state index in [9.17, 15) is 0 Å². The number of nitriles is 1. The van der Waals surface area contributed by atoms with Crippen LogP contribution < -0.4 is 10.6 Å². The van der Waals surface area contributed by atoms with Crippen LogP contribution in [0.5, 0.6) is 0 Å². The molecule has 25 heavy (non-hydrogen) atoms. The zero-order valence-electron chi connectivity index (χ0n) is 17.5. The van der Waals surface area contributed by atoms with Gasteiger partial charge < -0.3 is 10.6 Å². The molecule has 3 heteroatoms. The highest BCUT2D eigenvalue weighted by molar-refractivity contribution is 5.00. The Morgan fingerprint density at radius 1 is 1.00 bits per heavy atom. The zero-order chi connectivity index (χ0) is 18.7. The van der Waals surface area contributed by atoms with Gasteiger partial charge in [-0.1, -0.05) is 33.6 Å². The topological polar surface area (TPSA) is 47.9 Å². The summed E-state index contributed by atoms with van der Waals surface area (Å²) in [6, 6.07) is 3.47. The third-order valence-corrected chi connectivity index (χ3v) is 7.00. The molecular weight excluding hydrogens is 306 g/mol. The van der Waals surface area contributed by atoms with Gasteiger partial charge in [0, 0.05) is 23.2 Å². The van der Waals surface area contributed by atoms with Gasteiger partial charge in [-0.05, 0) is 70.6 Å². The summed E-state index contributed by atoms with van der Waals surface area (Å²) in [7, 11) is 0. The van der Waals surface area contributed by atoms with Gasteiger partial charge in [0.15, 0.2) is 0 Å². The second-order valence-corrected chi connectivity index (χ2v) is 9.99. The first-order valence-electron chi connectivity index (χ1n) is 10.6. The summed E-state index contributed by atoms with van der Waals surface area (Å²) in [5, 5.41) is 16.0. The summed E-state index contributed by atoms with van der Waals surface area (Å²) in [5.41, 5.74) is 0.674. The molecule has 2 N–H and O–H groups in total. The maximum absolute atomic E-state index is 8.60. The third kappa shape index (κ3) is 5.44. The lowest BCUT2D eigenvalue weighted by molar-refractivity contribution is 0.321. The molecule has 1 aliphatic carbocycles. The van der Waals surface area contributed by atoms with E-state index < -0.39 is 0 Å². The average molecular weight is 348 g/mol. The standard InChI is InChI=1S/C12H23N.C10H18N2/c1-9-8-12(2,3)13-11(9)10-6-4-5-7-10;1-4-10(3)7-8(2)9(12-10)5-6-11/h9-11,13H,4-8H2,1-3H3;8-9,12H,4-5,7H2,1-3H3. The molecule has 0 spiro atoms. The molecule has 0 aromatic heterocycles. The fourth-order valence-corrected chi connectivity index (χ4v) is 5.58. The zero-order valence-corrected chi connectivity index (χ0v) is 17.5. The molecule has 5 atom stereocenters. The Labute approximate surface area is 156 Å². The van der Waals surface area contributed by atoms with E-state index in [0.29, 0.717) is 23.9 Å². The number of nitrogens with one attached hydrogen (secondary N) is 2. The van der Waals surface area contributed by atoms with E-state index in [1.54, 1.807) is 0 Å². The lowest BCUT2D eigenvalue weighted by Crippen LogP contribution is -2.41. The van der Waals surface area contributed by atoms with Crippen molar-refractivity contribution < 1.29 is 0 Å². The molecule has 5 unspecified atom stereocenters. The van der Waals surface area contributed by atoms with Gasteiger partial charge in [0.2, 0.25) is 0 Å². The number of hydrogen-bond donors (Lipinski definition) is 2. The van der Waals surface area contributed by atoms with Crippen LogP contribution in [0, 0.1) is 29.1 Å². The maximum Gasteiger partial charge on any atom is 0.0638 e. The number of nitrogens with zero attached hydrogens (tertiary/aromatic N) is 1. The molecule has 0 aromatic rings. The molecule has 2 aliphatic heterocycles. The van der Waals surface area contributed by atoms with Gasteiger partial charge in [0.1, 0.15) is 0 Å².